The lowest BCUT2D eigenvalue weighted by atomic mass is 9.99. The maximum atomic E-state index is 13.3. The number of aromatic amines is 2. The summed E-state index contributed by atoms with van der Waals surface area (Å²) in [5.41, 5.74) is 8.02. The molecule has 2 saturated heterocycles. The number of hydrogen-bond acceptors (Lipinski definition) is 5. The van der Waals surface area contributed by atoms with Crippen LogP contribution in [0.5, 0.6) is 0 Å². The maximum absolute atomic E-state index is 13.3. The molecule has 0 spiro atoms. The van der Waals surface area contributed by atoms with Crippen molar-refractivity contribution in [3.63, 3.8) is 0 Å². The van der Waals surface area contributed by atoms with Gasteiger partial charge in [-0.05, 0) is 32.1 Å². The second-order valence-corrected chi connectivity index (χ2v) is 8.19. The molecule has 0 aliphatic carbocycles. The van der Waals surface area contributed by atoms with Gasteiger partial charge in [0.15, 0.2) is 0 Å². The highest BCUT2D eigenvalue weighted by Gasteiger charge is 2.34. The van der Waals surface area contributed by atoms with Crippen LogP contribution in [0.25, 0.3) is 0 Å². The van der Waals surface area contributed by atoms with Gasteiger partial charge in [-0.25, -0.2) is 0 Å². The van der Waals surface area contributed by atoms with Gasteiger partial charge in [-0.1, -0.05) is 0 Å². The van der Waals surface area contributed by atoms with Crippen LogP contribution in [-0.4, -0.2) is 77.4 Å². The Balaban J connectivity index is 0.00000150. The molecule has 2 atom stereocenters. The Morgan fingerprint density at radius 3 is 2.48 bits per heavy atom. The zero-order valence-electron chi connectivity index (χ0n) is 16.7. The van der Waals surface area contributed by atoms with Crippen LogP contribution in [0.2, 0.25) is 0 Å². The first-order chi connectivity index (χ1) is 13.1. The third kappa shape index (κ3) is 5.55. The van der Waals surface area contributed by atoms with Crippen LogP contribution < -0.4 is 11.3 Å². The van der Waals surface area contributed by atoms with Gasteiger partial charge in [-0.2, -0.15) is 0 Å². The Morgan fingerprint density at radius 1 is 1.00 bits per heavy atom. The second kappa shape index (κ2) is 10.8. The van der Waals surface area contributed by atoms with Crippen LogP contribution in [0.15, 0.2) is 4.79 Å². The van der Waals surface area contributed by atoms with E-state index < -0.39 is 0 Å². The Morgan fingerprint density at radius 2 is 1.72 bits per heavy atom. The minimum atomic E-state index is -0.0505. The lowest BCUT2D eigenvalue weighted by Crippen LogP contribution is -2.48. The minimum Gasteiger partial charge on any atom is -0.381 e. The largest absolute Gasteiger partial charge is 0.381 e. The van der Waals surface area contributed by atoms with Crippen molar-refractivity contribution in [3.05, 3.63) is 21.6 Å². The lowest BCUT2D eigenvalue weighted by molar-refractivity contribution is -0.136. The quantitative estimate of drug-likeness (QED) is 0.615. The number of carbonyl (C=O) groups is 1. The van der Waals surface area contributed by atoms with Crippen LogP contribution in [0.1, 0.15) is 36.9 Å². The van der Waals surface area contributed by atoms with E-state index in [-0.39, 0.29) is 48.2 Å². The summed E-state index contributed by atoms with van der Waals surface area (Å²) in [5, 5.41) is 5.61. The van der Waals surface area contributed by atoms with Crippen molar-refractivity contribution in [1.29, 1.82) is 0 Å². The molecule has 3 aliphatic heterocycles. The molecular weight excluding hydrogens is 417 g/mol. The number of fused-ring (bicyclic) bond motifs is 1. The topological polar surface area (TPSA) is 107 Å². The average molecular weight is 450 g/mol. The molecule has 1 aromatic rings. The molecule has 29 heavy (non-hydrogen) atoms. The van der Waals surface area contributed by atoms with Crippen molar-refractivity contribution in [2.45, 2.75) is 50.6 Å². The molecule has 4 N–H and O–H groups in total. The zero-order chi connectivity index (χ0) is 18.8. The summed E-state index contributed by atoms with van der Waals surface area (Å²) in [6.45, 7) is 4.54. The Labute approximate surface area is 183 Å². The van der Waals surface area contributed by atoms with Gasteiger partial charge >= 0.3 is 0 Å². The van der Waals surface area contributed by atoms with Crippen molar-refractivity contribution in [3.8, 4) is 0 Å². The number of aromatic nitrogens is 2. The van der Waals surface area contributed by atoms with Crippen molar-refractivity contribution in [2.24, 2.45) is 11.7 Å². The Hall–Kier alpha value is -1.06. The average Bonchev–Trinajstić information content (AvgIpc) is 2.86. The summed E-state index contributed by atoms with van der Waals surface area (Å²) in [6.07, 6.45) is 5.11. The minimum absolute atomic E-state index is 0. The van der Waals surface area contributed by atoms with E-state index in [1.54, 1.807) is 0 Å². The van der Waals surface area contributed by atoms with Gasteiger partial charge in [0.25, 0.3) is 5.56 Å². The molecule has 0 bridgehead atoms. The molecule has 1 amide bonds. The fraction of sp³-hybridized carbons (Fsp3) is 0.789. The molecule has 3 aliphatic rings. The first-order valence-electron chi connectivity index (χ1n) is 10.3. The van der Waals surface area contributed by atoms with Crippen LogP contribution in [-0.2, 0) is 22.4 Å². The number of hydrogen-bond donors (Lipinski definition) is 3. The highest BCUT2D eigenvalue weighted by atomic mass is 35.5. The van der Waals surface area contributed by atoms with E-state index in [2.05, 4.69) is 15.1 Å². The van der Waals surface area contributed by atoms with Crippen molar-refractivity contribution in [2.75, 3.05) is 39.4 Å². The summed E-state index contributed by atoms with van der Waals surface area (Å²) >= 11 is 0. The van der Waals surface area contributed by atoms with Crippen molar-refractivity contribution in [1.82, 2.24) is 20.0 Å². The van der Waals surface area contributed by atoms with Gasteiger partial charge in [0.05, 0.1) is 5.92 Å². The number of nitrogens with two attached hydrogens (primary N) is 1. The molecule has 166 valence electrons. The predicted molar refractivity (Wildman–Crippen MR) is 116 cm³/mol. The summed E-state index contributed by atoms with van der Waals surface area (Å²) in [5.74, 6) is 0.221. The van der Waals surface area contributed by atoms with Crippen LogP contribution in [0, 0.1) is 5.92 Å². The number of carbonyl (C=O) groups excluding carboxylic acids is 1. The van der Waals surface area contributed by atoms with Gasteiger partial charge in [-0.15, -0.1) is 24.8 Å². The van der Waals surface area contributed by atoms with Crippen LogP contribution in [0.4, 0.5) is 0 Å². The molecule has 2 fully saturated rings. The number of H-pyrrole nitrogens is 2. The van der Waals surface area contributed by atoms with Crippen LogP contribution in [0.3, 0.4) is 0 Å². The summed E-state index contributed by atoms with van der Waals surface area (Å²) in [4.78, 5) is 29.6. The zero-order valence-corrected chi connectivity index (χ0v) is 18.4. The number of rotatable bonds is 2. The fourth-order valence-corrected chi connectivity index (χ4v) is 4.79. The normalized spacial score (nSPS) is 26.4. The molecule has 8 nitrogen and oxygen atoms in total. The molecule has 0 saturated carbocycles. The SMILES string of the molecule is Cl.Cl.N[C@H]1CC[C@@H](C(=O)N2CCc3[nH][nH]c(=O)c3CC2)CN(C2CCOCC2)C1. The smallest absolute Gasteiger partial charge is 0.267 e. The third-order valence-electron chi connectivity index (χ3n) is 6.41. The van der Waals surface area contributed by atoms with Gasteiger partial charge < -0.3 is 20.5 Å². The Kier molecular flexibility index (Phi) is 9.03. The van der Waals surface area contributed by atoms with E-state index >= 15 is 0 Å². The van der Waals surface area contributed by atoms with Gasteiger partial charge in [0.1, 0.15) is 0 Å². The van der Waals surface area contributed by atoms with E-state index in [4.69, 9.17) is 10.5 Å². The van der Waals surface area contributed by atoms with E-state index in [1.807, 2.05) is 4.90 Å². The van der Waals surface area contributed by atoms with Crippen LogP contribution >= 0.6 is 24.8 Å². The highest BCUT2D eigenvalue weighted by Crippen LogP contribution is 2.24. The first-order valence-corrected chi connectivity index (χ1v) is 10.3. The number of amides is 1. The summed E-state index contributed by atoms with van der Waals surface area (Å²) in [6, 6.07) is 0.605. The number of likely N-dealkylation sites (tertiary alicyclic amines) is 1. The molecule has 4 heterocycles. The fourth-order valence-electron chi connectivity index (χ4n) is 4.79. The summed E-state index contributed by atoms with van der Waals surface area (Å²) in [7, 11) is 0. The molecule has 4 rings (SSSR count). The van der Waals surface area contributed by atoms with E-state index in [0.717, 1.165) is 63.2 Å². The van der Waals surface area contributed by atoms with E-state index in [9.17, 15) is 9.59 Å². The number of halogens is 2. The van der Waals surface area contributed by atoms with Crippen molar-refractivity contribution < 1.29 is 9.53 Å². The predicted octanol–water partition coefficient (Wildman–Crippen LogP) is 0.692. The molecule has 1 aromatic heterocycles. The second-order valence-electron chi connectivity index (χ2n) is 8.19. The maximum Gasteiger partial charge on any atom is 0.267 e. The van der Waals surface area contributed by atoms with E-state index in [0.29, 0.717) is 32.0 Å². The molecule has 10 heteroatoms. The first kappa shape index (κ1) is 24.2. The third-order valence-corrected chi connectivity index (χ3v) is 6.41. The Bertz CT molecular complexity index is 719. The molecular formula is C19H33Cl2N5O3. The van der Waals surface area contributed by atoms with Gasteiger partial charge in [-0.3, -0.25) is 19.6 Å². The van der Waals surface area contributed by atoms with Gasteiger partial charge in [0.2, 0.25) is 5.91 Å². The van der Waals surface area contributed by atoms with Crippen molar-refractivity contribution >= 4 is 30.7 Å². The number of ether oxygens (including phenoxy) is 1. The monoisotopic (exact) mass is 449 g/mol. The summed E-state index contributed by atoms with van der Waals surface area (Å²) < 4.78 is 5.50. The van der Waals surface area contributed by atoms with Gasteiger partial charge in [0, 0.05) is 69.2 Å². The number of nitrogens with zero attached hydrogens (tertiary/aromatic N) is 2. The van der Waals surface area contributed by atoms with E-state index in [1.165, 1.54) is 0 Å². The molecule has 0 radical (unpaired) electrons. The lowest BCUT2D eigenvalue weighted by Gasteiger charge is -2.36. The standard InChI is InChI=1S/C19H31N5O3.2ClH/c20-14-2-1-13(11-24(12-14)15-5-9-27-10-6-15)19(26)23-7-3-16-17(4-8-23)21-22-18(16)25;;/h13-15H,1-12,20H2,(H2,21,22,25);2*1H/t13-,14+;;/m1../s1. The molecule has 0 aromatic carbocycles. The number of nitrogens with one attached hydrogen (secondary N) is 2. The molecule has 0 unspecified atom stereocenters. The highest BCUT2D eigenvalue weighted by molar-refractivity contribution is 5.85.